The predicted octanol–water partition coefficient (Wildman–Crippen LogP) is 5.33. The molecule has 0 atom stereocenters. The van der Waals surface area contributed by atoms with Crippen LogP contribution in [0.15, 0.2) is 66.4 Å². The van der Waals surface area contributed by atoms with Crippen molar-refractivity contribution in [2.45, 2.75) is 27.7 Å². The number of rotatable bonds is 5. The van der Waals surface area contributed by atoms with E-state index in [4.69, 9.17) is 4.74 Å². The van der Waals surface area contributed by atoms with Gasteiger partial charge in [0.15, 0.2) is 0 Å². The molecule has 5 heteroatoms. The van der Waals surface area contributed by atoms with Crippen molar-refractivity contribution in [2.75, 3.05) is 17.3 Å². The van der Waals surface area contributed by atoms with E-state index in [0.717, 1.165) is 27.9 Å². The van der Waals surface area contributed by atoms with Crippen LogP contribution in [-0.2, 0) is 9.59 Å². The number of aryl methyl sites for hydroxylation is 4. The maximum Gasteiger partial charge on any atom is 0.282 e. The molecular weight excluding hydrogens is 400 g/mol. The second-order valence-electron chi connectivity index (χ2n) is 8.11. The van der Waals surface area contributed by atoms with E-state index in [2.05, 4.69) is 5.32 Å². The third-order valence-electron chi connectivity index (χ3n) is 5.85. The van der Waals surface area contributed by atoms with E-state index in [-0.39, 0.29) is 17.5 Å². The Morgan fingerprint density at radius 2 is 1.53 bits per heavy atom. The third kappa shape index (κ3) is 3.66. The second kappa shape index (κ2) is 8.35. The molecule has 0 unspecified atom stereocenters. The standard InChI is InChI=1S/C27H26N2O3/c1-16-10-13-22(19(4)14-16)28-25-24(21-8-6-7-9-23(21)32-5)26(30)29(27(25)31)20-12-11-17(2)18(3)15-20/h6-15,28H,1-5H3. The van der Waals surface area contributed by atoms with Crippen molar-refractivity contribution in [2.24, 2.45) is 0 Å². The SMILES string of the molecule is COc1ccccc1C1=C(Nc2ccc(C)cc2C)C(=O)N(c2ccc(C)c(C)c2)C1=O. The Kier molecular flexibility index (Phi) is 5.57. The number of ether oxygens (including phenoxy) is 1. The molecular formula is C27H26N2O3. The monoisotopic (exact) mass is 426 g/mol. The minimum atomic E-state index is -0.390. The second-order valence-corrected chi connectivity index (χ2v) is 8.11. The Labute approximate surface area is 188 Å². The van der Waals surface area contributed by atoms with Crippen molar-refractivity contribution < 1.29 is 14.3 Å². The van der Waals surface area contributed by atoms with Crippen molar-refractivity contribution in [3.05, 3.63) is 94.2 Å². The number of amides is 2. The molecule has 0 saturated heterocycles. The zero-order valence-electron chi connectivity index (χ0n) is 18.9. The number of carbonyl (C=O) groups excluding carboxylic acids is 2. The first kappa shape index (κ1) is 21.4. The molecule has 0 aromatic heterocycles. The summed E-state index contributed by atoms with van der Waals surface area (Å²) < 4.78 is 5.51. The lowest BCUT2D eigenvalue weighted by Crippen LogP contribution is -2.32. The number of hydrogen-bond donors (Lipinski definition) is 1. The van der Waals surface area contributed by atoms with Crippen LogP contribution in [-0.4, -0.2) is 18.9 Å². The largest absolute Gasteiger partial charge is 0.496 e. The van der Waals surface area contributed by atoms with Gasteiger partial charge in [-0.1, -0.05) is 42.0 Å². The normalized spacial score (nSPS) is 13.7. The molecule has 162 valence electrons. The lowest BCUT2D eigenvalue weighted by atomic mass is 10.0. The number of methoxy groups -OCH3 is 1. The summed E-state index contributed by atoms with van der Waals surface area (Å²) in [6.07, 6.45) is 0. The maximum absolute atomic E-state index is 13.7. The summed E-state index contributed by atoms with van der Waals surface area (Å²) in [6, 6.07) is 18.8. The molecule has 3 aromatic rings. The molecule has 1 heterocycles. The van der Waals surface area contributed by atoms with Crippen LogP contribution in [0.25, 0.3) is 5.57 Å². The van der Waals surface area contributed by atoms with Crippen LogP contribution >= 0.6 is 0 Å². The molecule has 0 bridgehead atoms. The fraction of sp³-hybridized carbons (Fsp3) is 0.185. The summed E-state index contributed by atoms with van der Waals surface area (Å²) in [5.74, 6) is -0.236. The number of anilines is 2. The van der Waals surface area contributed by atoms with E-state index in [1.54, 1.807) is 25.3 Å². The minimum absolute atomic E-state index is 0.240. The molecule has 5 nitrogen and oxygen atoms in total. The summed E-state index contributed by atoms with van der Waals surface area (Å²) in [5, 5.41) is 3.25. The number of imide groups is 1. The summed E-state index contributed by atoms with van der Waals surface area (Å²) in [6.45, 7) is 7.95. The van der Waals surface area contributed by atoms with Crippen molar-refractivity contribution >= 4 is 28.8 Å². The highest BCUT2D eigenvalue weighted by Crippen LogP contribution is 2.38. The number of nitrogens with zero attached hydrogens (tertiary/aromatic N) is 1. The lowest BCUT2D eigenvalue weighted by molar-refractivity contribution is -0.120. The van der Waals surface area contributed by atoms with Crippen molar-refractivity contribution in [1.29, 1.82) is 0 Å². The van der Waals surface area contributed by atoms with E-state index in [0.29, 0.717) is 22.6 Å². The Bertz CT molecular complexity index is 1270. The number of carbonyl (C=O) groups is 2. The number of para-hydroxylation sites is 1. The molecule has 0 fully saturated rings. The first-order valence-corrected chi connectivity index (χ1v) is 10.5. The van der Waals surface area contributed by atoms with Crippen molar-refractivity contribution in [3.8, 4) is 5.75 Å². The molecule has 3 aromatic carbocycles. The first-order chi connectivity index (χ1) is 15.3. The highest BCUT2D eigenvalue weighted by atomic mass is 16.5. The lowest BCUT2D eigenvalue weighted by Gasteiger charge is -2.17. The molecule has 1 aliphatic heterocycles. The van der Waals surface area contributed by atoms with Gasteiger partial charge in [0.05, 0.1) is 18.4 Å². The molecule has 0 radical (unpaired) electrons. The van der Waals surface area contributed by atoms with Gasteiger partial charge in [0.1, 0.15) is 11.4 Å². The Balaban J connectivity index is 1.88. The summed E-state index contributed by atoms with van der Waals surface area (Å²) in [5.41, 5.74) is 6.66. The fourth-order valence-electron chi connectivity index (χ4n) is 3.93. The number of hydrogen-bond acceptors (Lipinski definition) is 4. The van der Waals surface area contributed by atoms with Crippen LogP contribution in [0.1, 0.15) is 27.8 Å². The molecule has 1 aliphatic rings. The van der Waals surface area contributed by atoms with E-state index < -0.39 is 0 Å². The van der Waals surface area contributed by atoms with E-state index in [9.17, 15) is 9.59 Å². The highest BCUT2D eigenvalue weighted by molar-refractivity contribution is 6.46. The topological polar surface area (TPSA) is 58.6 Å². The van der Waals surface area contributed by atoms with Crippen LogP contribution < -0.4 is 15.0 Å². The molecule has 2 amide bonds. The number of nitrogens with one attached hydrogen (secondary N) is 1. The van der Waals surface area contributed by atoms with E-state index in [1.165, 1.54) is 4.90 Å². The zero-order chi connectivity index (χ0) is 23.0. The van der Waals surface area contributed by atoms with E-state index in [1.807, 2.05) is 70.2 Å². The van der Waals surface area contributed by atoms with Crippen LogP contribution in [0.2, 0.25) is 0 Å². The summed E-state index contributed by atoms with van der Waals surface area (Å²) in [7, 11) is 1.55. The van der Waals surface area contributed by atoms with Gasteiger partial charge in [0.25, 0.3) is 11.8 Å². The van der Waals surface area contributed by atoms with Gasteiger partial charge in [-0.2, -0.15) is 0 Å². The maximum atomic E-state index is 13.7. The van der Waals surface area contributed by atoms with Gasteiger partial charge in [0, 0.05) is 11.3 Å². The van der Waals surface area contributed by atoms with Gasteiger partial charge in [-0.05, 0) is 68.7 Å². The molecule has 1 N–H and O–H groups in total. The van der Waals surface area contributed by atoms with Crippen LogP contribution in [0.5, 0.6) is 5.75 Å². The van der Waals surface area contributed by atoms with Crippen LogP contribution in [0.3, 0.4) is 0 Å². The quantitative estimate of drug-likeness (QED) is 0.561. The van der Waals surface area contributed by atoms with Gasteiger partial charge in [-0.25, -0.2) is 4.90 Å². The van der Waals surface area contributed by atoms with Crippen molar-refractivity contribution in [1.82, 2.24) is 0 Å². The van der Waals surface area contributed by atoms with Gasteiger partial charge in [-0.15, -0.1) is 0 Å². The molecule has 0 aliphatic carbocycles. The number of benzene rings is 3. The summed E-state index contributed by atoms with van der Waals surface area (Å²) in [4.78, 5) is 28.5. The molecule has 4 rings (SSSR count). The van der Waals surface area contributed by atoms with Gasteiger partial charge in [0.2, 0.25) is 0 Å². The van der Waals surface area contributed by atoms with Gasteiger partial charge >= 0.3 is 0 Å². The molecule has 0 saturated carbocycles. The van der Waals surface area contributed by atoms with Crippen molar-refractivity contribution in [3.63, 3.8) is 0 Å². The predicted molar refractivity (Wildman–Crippen MR) is 128 cm³/mol. The Hall–Kier alpha value is -3.86. The first-order valence-electron chi connectivity index (χ1n) is 10.5. The minimum Gasteiger partial charge on any atom is -0.496 e. The molecule has 32 heavy (non-hydrogen) atoms. The smallest absolute Gasteiger partial charge is 0.282 e. The summed E-state index contributed by atoms with van der Waals surface area (Å²) >= 11 is 0. The van der Waals surface area contributed by atoms with Crippen LogP contribution in [0, 0.1) is 27.7 Å². The van der Waals surface area contributed by atoms with Gasteiger partial charge < -0.3 is 10.1 Å². The van der Waals surface area contributed by atoms with Gasteiger partial charge in [-0.3, -0.25) is 9.59 Å². The average Bonchev–Trinajstić information content (AvgIpc) is 3.01. The van der Waals surface area contributed by atoms with E-state index >= 15 is 0 Å². The average molecular weight is 427 g/mol. The zero-order valence-corrected chi connectivity index (χ0v) is 18.9. The Morgan fingerprint density at radius 1 is 0.781 bits per heavy atom. The fourth-order valence-corrected chi connectivity index (χ4v) is 3.93. The third-order valence-corrected chi connectivity index (χ3v) is 5.85. The van der Waals surface area contributed by atoms with Crippen LogP contribution in [0.4, 0.5) is 11.4 Å². The Morgan fingerprint density at radius 3 is 2.22 bits per heavy atom. The highest BCUT2D eigenvalue weighted by Gasteiger charge is 2.41. The molecule has 0 spiro atoms.